The van der Waals surface area contributed by atoms with Crippen LogP contribution in [-0.4, -0.2) is 9.38 Å². The number of hydrogen-bond acceptors (Lipinski definition) is 0. The van der Waals surface area contributed by atoms with Crippen molar-refractivity contribution in [2.24, 2.45) is 0 Å². The van der Waals surface area contributed by atoms with Crippen LogP contribution in [0.5, 0.6) is 0 Å². The average molecular weight is 330 g/mol. The molecule has 4 aromatic carbocycles. The zero-order valence-corrected chi connectivity index (χ0v) is 14.0. The molecule has 0 amide bonds. The Balaban J connectivity index is 1.96. The number of aromatic amines is 1. The Morgan fingerprint density at radius 1 is 0.577 bits per heavy atom. The number of para-hydroxylation sites is 3. The largest absolute Gasteiger partial charge is 0.354 e. The summed E-state index contributed by atoms with van der Waals surface area (Å²) >= 11 is 0. The van der Waals surface area contributed by atoms with E-state index >= 15 is 0 Å². The number of benzene rings is 4. The molecule has 2 heteroatoms. The molecule has 7 rings (SSSR count). The summed E-state index contributed by atoms with van der Waals surface area (Å²) in [5.41, 5.74) is 6.33. The van der Waals surface area contributed by atoms with Crippen LogP contribution in [0.2, 0.25) is 0 Å². The number of fused-ring (bicyclic) bond motifs is 10. The highest BCUT2D eigenvalue weighted by Gasteiger charge is 2.20. The van der Waals surface area contributed by atoms with Gasteiger partial charge in [-0.25, -0.2) is 0 Å². The fourth-order valence-electron chi connectivity index (χ4n) is 4.82. The van der Waals surface area contributed by atoms with Gasteiger partial charge in [-0.2, -0.15) is 0 Å². The first-order valence-electron chi connectivity index (χ1n) is 8.98. The van der Waals surface area contributed by atoms with Crippen molar-refractivity contribution in [2.45, 2.75) is 0 Å². The van der Waals surface area contributed by atoms with E-state index in [0.29, 0.717) is 0 Å². The quantitative estimate of drug-likeness (QED) is 0.329. The predicted molar refractivity (Wildman–Crippen MR) is 110 cm³/mol. The standard InChI is InChI=1S/C24H14N2/c1-4-10-19-14(7-1)17-13-18-15-8-2-5-11-20(15)26-21-12-6-3-9-16(21)22(24(18)26)23(17)25-19/h1-13,25H. The zero-order chi connectivity index (χ0) is 16.8. The Bertz CT molecular complexity index is 1630. The maximum atomic E-state index is 3.69. The minimum absolute atomic E-state index is 1.20. The molecule has 3 aromatic heterocycles. The molecule has 0 aliphatic carbocycles. The second-order valence-electron chi connectivity index (χ2n) is 7.11. The molecule has 3 heterocycles. The molecule has 0 unspecified atom stereocenters. The highest BCUT2D eigenvalue weighted by Crippen LogP contribution is 2.44. The minimum atomic E-state index is 1.20. The maximum Gasteiger partial charge on any atom is 0.0641 e. The molecule has 120 valence electrons. The molecular weight excluding hydrogens is 316 g/mol. The molecule has 0 aliphatic rings. The number of nitrogens with one attached hydrogen (secondary N) is 1. The van der Waals surface area contributed by atoms with Crippen molar-refractivity contribution in [1.82, 2.24) is 9.38 Å². The van der Waals surface area contributed by atoms with E-state index < -0.39 is 0 Å². The van der Waals surface area contributed by atoms with E-state index in [-0.39, 0.29) is 0 Å². The summed E-state index contributed by atoms with van der Waals surface area (Å²) in [6, 6.07) is 28.5. The Morgan fingerprint density at radius 3 is 2.08 bits per heavy atom. The number of H-pyrrole nitrogens is 1. The van der Waals surface area contributed by atoms with Gasteiger partial charge in [0.2, 0.25) is 0 Å². The van der Waals surface area contributed by atoms with Gasteiger partial charge in [-0.3, -0.25) is 0 Å². The molecule has 0 saturated carbocycles. The lowest BCUT2D eigenvalue weighted by atomic mass is 10.0. The van der Waals surface area contributed by atoms with Crippen molar-refractivity contribution < 1.29 is 0 Å². The highest BCUT2D eigenvalue weighted by atomic mass is 14.9. The van der Waals surface area contributed by atoms with Crippen LogP contribution in [0.3, 0.4) is 0 Å². The SMILES string of the molecule is c1ccc2c(c1)[nH]c1c2cc2c3ccccc3n3c4ccccc4c1c23. The average Bonchev–Trinajstić information content (AvgIpc) is 3.33. The second-order valence-corrected chi connectivity index (χ2v) is 7.11. The first-order chi connectivity index (χ1) is 12.9. The first kappa shape index (κ1) is 12.8. The third kappa shape index (κ3) is 1.29. The van der Waals surface area contributed by atoms with Crippen molar-refractivity contribution in [2.75, 3.05) is 0 Å². The number of aromatic nitrogens is 2. The maximum absolute atomic E-state index is 3.69. The number of nitrogens with zero attached hydrogens (tertiary/aromatic N) is 1. The van der Waals surface area contributed by atoms with E-state index in [1.807, 2.05) is 0 Å². The first-order valence-corrected chi connectivity index (χ1v) is 8.98. The van der Waals surface area contributed by atoms with E-state index in [1.165, 1.54) is 59.9 Å². The van der Waals surface area contributed by atoms with Crippen molar-refractivity contribution in [3.05, 3.63) is 78.9 Å². The summed E-state index contributed by atoms with van der Waals surface area (Å²) in [5, 5.41) is 7.91. The van der Waals surface area contributed by atoms with Crippen LogP contribution >= 0.6 is 0 Å². The van der Waals surface area contributed by atoms with Gasteiger partial charge in [0.15, 0.2) is 0 Å². The molecule has 0 fully saturated rings. The van der Waals surface area contributed by atoms with Gasteiger partial charge in [-0.15, -0.1) is 0 Å². The van der Waals surface area contributed by atoms with Gasteiger partial charge in [0.25, 0.3) is 0 Å². The third-order valence-corrected chi connectivity index (χ3v) is 5.85. The van der Waals surface area contributed by atoms with Crippen LogP contribution in [0.25, 0.3) is 59.9 Å². The lowest BCUT2D eigenvalue weighted by molar-refractivity contribution is 1.37. The topological polar surface area (TPSA) is 20.2 Å². The molecule has 0 aliphatic heterocycles. The molecule has 0 atom stereocenters. The van der Waals surface area contributed by atoms with Crippen molar-refractivity contribution in [3.8, 4) is 0 Å². The summed E-state index contributed by atoms with van der Waals surface area (Å²) in [5.74, 6) is 0. The van der Waals surface area contributed by atoms with Gasteiger partial charge in [0, 0.05) is 37.8 Å². The summed E-state index contributed by atoms with van der Waals surface area (Å²) < 4.78 is 2.43. The lowest BCUT2D eigenvalue weighted by Crippen LogP contribution is -1.78. The minimum Gasteiger partial charge on any atom is -0.354 e. The van der Waals surface area contributed by atoms with Crippen molar-refractivity contribution in [1.29, 1.82) is 0 Å². The van der Waals surface area contributed by atoms with E-state index in [0.717, 1.165) is 0 Å². The Hall–Kier alpha value is -3.52. The molecule has 26 heavy (non-hydrogen) atoms. The predicted octanol–water partition coefficient (Wildman–Crippen LogP) is 6.47. The van der Waals surface area contributed by atoms with Gasteiger partial charge in [-0.05, 0) is 24.3 Å². The van der Waals surface area contributed by atoms with E-state index in [1.54, 1.807) is 0 Å². The molecular formula is C24H14N2. The van der Waals surface area contributed by atoms with Crippen molar-refractivity contribution in [3.63, 3.8) is 0 Å². The summed E-state index contributed by atoms with van der Waals surface area (Å²) in [6.07, 6.45) is 0. The van der Waals surface area contributed by atoms with Crippen LogP contribution in [0.4, 0.5) is 0 Å². The van der Waals surface area contributed by atoms with Crippen LogP contribution in [0.15, 0.2) is 78.9 Å². The Morgan fingerprint density at radius 2 is 1.23 bits per heavy atom. The van der Waals surface area contributed by atoms with Gasteiger partial charge < -0.3 is 9.38 Å². The van der Waals surface area contributed by atoms with Crippen LogP contribution in [-0.2, 0) is 0 Å². The molecule has 0 saturated heterocycles. The van der Waals surface area contributed by atoms with Crippen molar-refractivity contribution >= 4 is 59.9 Å². The van der Waals surface area contributed by atoms with E-state index in [2.05, 4.69) is 88.2 Å². The fourth-order valence-corrected chi connectivity index (χ4v) is 4.82. The highest BCUT2D eigenvalue weighted by molar-refractivity contribution is 6.33. The molecule has 2 nitrogen and oxygen atoms in total. The smallest absolute Gasteiger partial charge is 0.0641 e. The molecule has 0 radical (unpaired) electrons. The Labute approximate surface area is 148 Å². The van der Waals surface area contributed by atoms with E-state index in [9.17, 15) is 0 Å². The van der Waals surface area contributed by atoms with Gasteiger partial charge in [0.05, 0.1) is 22.1 Å². The molecule has 7 aromatic rings. The lowest BCUT2D eigenvalue weighted by Gasteiger charge is -1.98. The zero-order valence-electron chi connectivity index (χ0n) is 14.0. The van der Waals surface area contributed by atoms with E-state index in [4.69, 9.17) is 0 Å². The van der Waals surface area contributed by atoms with Crippen LogP contribution in [0.1, 0.15) is 0 Å². The molecule has 0 bridgehead atoms. The number of hydrogen-bond donors (Lipinski definition) is 1. The summed E-state index contributed by atoms with van der Waals surface area (Å²) in [4.78, 5) is 3.69. The third-order valence-electron chi connectivity index (χ3n) is 5.85. The molecule has 0 spiro atoms. The monoisotopic (exact) mass is 330 g/mol. The van der Waals surface area contributed by atoms with Gasteiger partial charge in [0.1, 0.15) is 0 Å². The van der Waals surface area contributed by atoms with Crippen LogP contribution < -0.4 is 0 Å². The number of rotatable bonds is 0. The van der Waals surface area contributed by atoms with Gasteiger partial charge in [-0.1, -0.05) is 54.6 Å². The second kappa shape index (κ2) is 4.17. The molecule has 1 N–H and O–H groups in total. The fraction of sp³-hybridized carbons (Fsp3) is 0. The normalized spacial score (nSPS) is 12.6. The van der Waals surface area contributed by atoms with Gasteiger partial charge >= 0.3 is 0 Å². The van der Waals surface area contributed by atoms with Crippen LogP contribution in [0, 0.1) is 0 Å². The Kier molecular flexibility index (Phi) is 2.05. The summed E-state index contributed by atoms with van der Waals surface area (Å²) in [6.45, 7) is 0. The summed E-state index contributed by atoms with van der Waals surface area (Å²) in [7, 11) is 0.